The molecule has 1 aliphatic rings. The molecule has 0 aliphatic carbocycles. The maximum absolute atomic E-state index is 12.4. The zero-order chi connectivity index (χ0) is 19.8. The van der Waals surface area contributed by atoms with Crippen LogP contribution in [0.2, 0.25) is 0 Å². The number of likely N-dealkylation sites (N-methyl/N-ethyl adjacent to an activating group) is 1. The van der Waals surface area contributed by atoms with Gasteiger partial charge in [-0.15, -0.1) is 0 Å². The standard InChI is InChI=1S/C20H31N3O4/c1-5-22(6-2)14-19(25)27-17-11-15(3)20(16(4)12-17)21-18(24)13-23-7-9-26-10-8-23/h11-12H,5-10,13-14H2,1-4H3,(H,21,24). The molecule has 0 spiro atoms. The maximum atomic E-state index is 12.4. The van der Waals surface area contributed by atoms with E-state index in [1.165, 1.54) is 0 Å². The van der Waals surface area contributed by atoms with Crippen LogP contribution in [0.4, 0.5) is 5.69 Å². The number of carbonyl (C=O) groups excluding carboxylic acids is 2. The van der Waals surface area contributed by atoms with E-state index in [9.17, 15) is 9.59 Å². The number of carbonyl (C=O) groups is 2. The van der Waals surface area contributed by atoms with Gasteiger partial charge in [0.1, 0.15) is 5.75 Å². The van der Waals surface area contributed by atoms with Gasteiger partial charge in [-0.1, -0.05) is 13.8 Å². The van der Waals surface area contributed by atoms with Gasteiger partial charge in [0, 0.05) is 18.8 Å². The van der Waals surface area contributed by atoms with E-state index >= 15 is 0 Å². The molecule has 27 heavy (non-hydrogen) atoms. The summed E-state index contributed by atoms with van der Waals surface area (Å²) in [6.07, 6.45) is 0. The van der Waals surface area contributed by atoms with E-state index in [-0.39, 0.29) is 18.4 Å². The largest absolute Gasteiger partial charge is 0.426 e. The van der Waals surface area contributed by atoms with E-state index in [0.717, 1.165) is 43.0 Å². The number of hydrogen-bond acceptors (Lipinski definition) is 6. The van der Waals surface area contributed by atoms with Crippen molar-refractivity contribution in [2.45, 2.75) is 27.7 Å². The minimum Gasteiger partial charge on any atom is -0.426 e. The second kappa shape index (κ2) is 10.4. The van der Waals surface area contributed by atoms with Crippen LogP contribution in [0.1, 0.15) is 25.0 Å². The molecule has 0 saturated carbocycles. The highest BCUT2D eigenvalue weighted by atomic mass is 16.5. The summed E-state index contributed by atoms with van der Waals surface area (Å²) in [5.41, 5.74) is 2.52. The van der Waals surface area contributed by atoms with E-state index in [4.69, 9.17) is 9.47 Å². The molecule has 1 heterocycles. The summed E-state index contributed by atoms with van der Waals surface area (Å²) < 4.78 is 10.8. The second-order valence-electron chi connectivity index (χ2n) is 6.80. The predicted molar refractivity (Wildman–Crippen MR) is 105 cm³/mol. The number of morpholine rings is 1. The van der Waals surface area contributed by atoms with Crippen LogP contribution < -0.4 is 10.1 Å². The lowest BCUT2D eigenvalue weighted by Gasteiger charge is -2.26. The number of nitrogens with zero attached hydrogens (tertiary/aromatic N) is 2. The third-order valence-electron chi connectivity index (χ3n) is 4.72. The van der Waals surface area contributed by atoms with E-state index in [2.05, 4.69) is 10.2 Å². The van der Waals surface area contributed by atoms with Gasteiger partial charge in [-0.3, -0.25) is 19.4 Å². The molecule has 1 N–H and O–H groups in total. The highest BCUT2D eigenvalue weighted by molar-refractivity contribution is 5.94. The predicted octanol–water partition coefficient (Wildman–Crippen LogP) is 1.82. The number of anilines is 1. The Hall–Kier alpha value is -1.96. The zero-order valence-corrected chi connectivity index (χ0v) is 16.8. The Morgan fingerprint density at radius 3 is 2.30 bits per heavy atom. The minimum atomic E-state index is -0.276. The van der Waals surface area contributed by atoms with E-state index < -0.39 is 0 Å². The Balaban J connectivity index is 1.97. The molecule has 0 unspecified atom stereocenters. The first-order valence-electron chi connectivity index (χ1n) is 9.57. The van der Waals surface area contributed by atoms with Gasteiger partial charge in [0.15, 0.2) is 0 Å². The SMILES string of the molecule is CCN(CC)CC(=O)Oc1cc(C)c(NC(=O)CN2CCOCC2)c(C)c1. The number of hydrogen-bond donors (Lipinski definition) is 1. The van der Waals surface area contributed by atoms with Gasteiger partial charge in [-0.2, -0.15) is 0 Å². The minimum absolute atomic E-state index is 0.0469. The smallest absolute Gasteiger partial charge is 0.325 e. The fourth-order valence-electron chi connectivity index (χ4n) is 3.11. The van der Waals surface area contributed by atoms with Crippen molar-refractivity contribution < 1.29 is 19.1 Å². The summed E-state index contributed by atoms with van der Waals surface area (Å²) in [5.74, 6) is 0.185. The normalized spacial score (nSPS) is 15.0. The Kier molecular flexibility index (Phi) is 8.22. The van der Waals surface area contributed by atoms with Crippen LogP contribution in [0.15, 0.2) is 12.1 Å². The molecule has 0 bridgehead atoms. The van der Waals surface area contributed by atoms with Gasteiger partial charge in [-0.05, 0) is 50.2 Å². The van der Waals surface area contributed by atoms with Crippen LogP contribution in [0.25, 0.3) is 0 Å². The van der Waals surface area contributed by atoms with E-state index in [0.29, 0.717) is 25.5 Å². The summed E-state index contributed by atoms with van der Waals surface area (Å²) in [4.78, 5) is 28.5. The molecule has 1 fully saturated rings. The quantitative estimate of drug-likeness (QED) is 0.550. The molecule has 1 amide bonds. The van der Waals surface area contributed by atoms with Crippen LogP contribution in [0.3, 0.4) is 0 Å². The third kappa shape index (κ3) is 6.61. The van der Waals surface area contributed by atoms with Crippen molar-refractivity contribution in [3.05, 3.63) is 23.3 Å². The zero-order valence-electron chi connectivity index (χ0n) is 16.8. The molecule has 7 nitrogen and oxygen atoms in total. The first-order valence-corrected chi connectivity index (χ1v) is 9.57. The molecular formula is C20H31N3O4. The molecule has 7 heteroatoms. The summed E-state index contributed by atoms with van der Waals surface area (Å²) in [5, 5.41) is 2.99. The second-order valence-corrected chi connectivity index (χ2v) is 6.80. The highest BCUT2D eigenvalue weighted by Crippen LogP contribution is 2.26. The summed E-state index contributed by atoms with van der Waals surface area (Å²) >= 11 is 0. The Bertz CT molecular complexity index is 630. The number of ether oxygens (including phenoxy) is 2. The maximum Gasteiger partial charge on any atom is 0.325 e. The van der Waals surface area contributed by atoms with Crippen LogP contribution in [0, 0.1) is 13.8 Å². The Labute approximate surface area is 161 Å². The number of rotatable bonds is 8. The van der Waals surface area contributed by atoms with Crippen molar-refractivity contribution in [2.75, 3.05) is 57.8 Å². The lowest BCUT2D eigenvalue weighted by molar-refractivity contribution is -0.135. The number of nitrogens with one attached hydrogen (secondary N) is 1. The lowest BCUT2D eigenvalue weighted by atomic mass is 10.1. The van der Waals surface area contributed by atoms with Gasteiger partial charge in [0.2, 0.25) is 5.91 Å². The van der Waals surface area contributed by atoms with Crippen LogP contribution >= 0.6 is 0 Å². The van der Waals surface area contributed by atoms with Gasteiger partial charge in [0.05, 0.1) is 26.3 Å². The fourth-order valence-corrected chi connectivity index (χ4v) is 3.11. The lowest BCUT2D eigenvalue weighted by Crippen LogP contribution is -2.41. The molecule has 0 atom stereocenters. The molecule has 1 aromatic rings. The van der Waals surface area contributed by atoms with Gasteiger partial charge < -0.3 is 14.8 Å². The van der Waals surface area contributed by atoms with Crippen LogP contribution in [-0.2, 0) is 14.3 Å². The first-order chi connectivity index (χ1) is 12.9. The van der Waals surface area contributed by atoms with Crippen molar-refractivity contribution in [3.63, 3.8) is 0 Å². The molecule has 1 aliphatic heterocycles. The third-order valence-corrected chi connectivity index (χ3v) is 4.72. The first kappa shape index (κ1) is 21.3. The fraction of sp³-hybridized carbons (Fsp3) is 0.600. The number of aryl methyl sites for hydroxylation is 2. The van der Waals surface area contributed by atoms with Crippen molar-refractivity contribution in [2.24, 2.45) is 0 Å². The number of amides is 1. The monoisotopic (exact) mass is 377 g/mol. The number of esters is 1. The average Bonchev–Trinajstić information content (AvgIpc) is 2.63. The van der Waals surface area contributed by atoms with Crippen LogP contribution in [-0.4, -0.2) is 74.2 Å². The van der Waals surface area contributed by atoms with Crippen molar-refractivity contribution >= 4 is 17.6 Å². The van der Waals surface area contributed by atoms with Crippen molar-refractivity contribution in [1.82, 2.24) is 9.80 Å². The van der Waals surface area contributed by atoms with Gasteiger partial charge >= 0.3 is 5.97 Å². The Morgan fingerprint density at radius 1 is 1.15 bits per heavy atom. The number of benzene rings is 1. The van der Waals surface area contributed by atoms with Gasteiger partial charge in [0.25, 0.3) is 0 Å². The molecule has 2 rings (SSSR count). The average molecular weight is 377 g/mol. The van der Waals surface area contributed by atoms with Crippen molar-refractivity contribution in [3.8, 4) is 5.75 Å². The topological polar surface area (TPSA) is 71.1 Å². The van der Waals surface area contributed by atoms with E-state index in [1.54, 1.807) is 12.1 Å². The molecule has 0 aromatic heterocycles. The highest BCUT2D eigenvalue weighted by Gasteiger charge is 2.17. The van der Waals surface area contributed by atoms with Crippen molar-refractivity contribution in [1.29, 1.82) is 0 Å². The molecular weight excluding hydrogens is 346 g/mol. The van der Waals surface area contributed by atoms with Crippen LogP contribution in [0.5, 0.6) is 5.75 Å². The molecule has 1 aromatic carbocycles. The Morgan fingerprint density at radius 2 is 1.74 bits per heavy atom. The summed E-state index contributed by atoms with van der Waals surface area (Å²) in [6.45, 7) is 12.9. The molecule has 0 radical (unpaired) electrons. The molecule has 150 valence electrons. The van der Waals surface area contributed by atoms with E-state index in [1.807, 2.05) is 32.6 Å². The van der Waals surface area contributed by atoms with Gasteiger partial charge in [-0.25, -0.2) is 0 Å². The summed E-state index contributed by atoms with van der Waals surface area (Å²) in [7, 11) is 0. The summed E-state index contributed by atoms with van der Waals surface area (Å²) in [6, 6.07) is 3.58. The molecule has 1 saturated heterocycles.